The summed E-state index contributed by atoms with van der Waals surface area (Å²) in [5, 5.41) is 11.8. The van der Waals surface area contributed by atoms with Crippen molar-refractivity contribution < 1.29 is 9.90 Å². The number of carbonyl (C=O) groups excluding carboxylic acids is 1. The summed E-state index contributed by atoms with van der Waals surface area (Å²) in [5.41, 5.74) is 1.64. The predicted molar refractivity (Wildman–Crippen MR) is 97.2 cm³/mol. The summed E-state index contributed by atoms with van der Waals surface area (Å²) in [6, 6.07) is 3.20. The first-order valence-electron chi connectivity index (χ1n) is 8.20. The van der Waals surface area contributed by atoms with Crippen LogP contribution in [0.15, 0.2) is 16.9 Å². The van der Waals surface area contributed by atoms with Crippen molar-refractivity contribution in [3.8, 4) is 0 Å². The maximum Gasteiger partial charge on any atom is 0.251 e. The molecule has 0 saturated carbocycles. The van der Waals surface area contributed by atoms with E-state index in [-0.39, 0.29) is 33.9 Å². The van der Waals surface area contributed by atoms with Crippen molar-refractivity contribution in [3.63, 3.8) is 0 Å². The average Bonchev–Trinajstić information content (AvgIpc) is 2.45. The summed E-state index contributed by atoms with van der Waals surface area (Å²) >= 11 is 0. The van der Waals surface area contributed by atoms with Crippen LogP contribution in [0.25, 0.3) is 12.3 Å². The normalized spacial score (nSPS) is 13.6. The third-order valence-corrected chi connectivity index (χ3v) is 4.31. The molecule has 130 valence electrons. The number of rotatable bonds is 1. The van der Waals surface area contributed by atoms with E-state index in [1.165, 1.54) is 10.6 Å². The first-order chi connectivity index (χ1) is 11.5. The Kier molecular flexibility index (Phi) is 3.71. The Labute approximate surface area is 146 Å². The van der Waals surface area contributed by atoms with Crippen molar-refractivity contribution in [2.75, 3.05) is 0 Å². The highest BCUT2D eigenvalue weighted by Crippen LogP contribution is 2.26. The Balaban J connectivity index is 2.51. The topological polar surface area (TPSA) is 72.2 Å². The molecular formula is C20H22N2O3. The molecule has 0 bridgehead atoms. The molecule has 2 aromatic heterocycles. The van der Waals surface area contributed by atoms with Crippen LogP contribution in [0.5, 0.6) is 0 Å². The lowest BCUT2D eigenvalue weighted by molar-refractivity contribution is 0.101. The first kappa shape index (κ1) is 17.1. The number of carbonyl (C=O) groups is 1. The van der Waals surface area contributed by atoms with Gasteiger partial charge in [0.05, 0.1) is 5.35 Å². The monoisotopic (exact) mass is 338 g/mol. The quantitative estimate of drug-likeness (QED) is 0.857. The highest BCUT2D eigenvalue weighted by molar-refractivity contribution is 6.12. The van der Waals surface area contributed by atoms with Crippen molar-refractivity contribution in [3.05, 3.63) is 61.1 Å². The van der Waals surface area contributed by atoms with Gasteiger partial charge in [-0.2, -0.15) is 0 Å². The zero-order valence-electron chi connectivity index (χ0n) is 15.2. The fourth-order valence-corrected chi connectivity index (χ4v) is 3.37. The summed E-state index contributed by atoms with van der Waals surface area (Å²) < 4.78 is 1.45. The maximum atomic E-state index is 13.2. The molecule has 0 aliphatic heterocycles. The van der Waals surface area contributed by atoms with Gasteiger partial charge in [0, 0.05) is 23.4 Å². The molecule has 0 fully saturated rings. The zero-order chi connectivity index (χ0) is 18.7. The highest BCUT2D eigenvalue weighted by Gasteiger charge is 2.32. The second kappa shape index (κ2) is 5.41. The van der Waals surface area contributed by atoms with Crippen molar-refractivity contribution in [2.24, 2.45) is 5.41 Å². The molecule has 5 heteroatoms. The average molecular weight is 338 g/mol. The summed E-state index contributed by atoms with van der Waals surface area (Å²) in [7, 11) is 0. The molecule has 1 aliphatic carbocycles. The van der Waals surface area contributed by atoms with Gasteiger partial charge in [0.1, 0.15) is 17.1 Å². The SMILES string of the molecule is C=c1cc(C)c2c(n1)C(=O)c1c(c(C)cc(=O)n1CC(C)(C)C)C=2O. The van der Waals surface area contributed by atoms with Crippen LogP contribution in [0.1, 0.15) is 53.6 Å². The van der Waals surface area contributed by atoms with Crippen LogP contribution in [0.2, 0.25) is 0 Å². The van der Waals surface area contributed by atoms with E-state index in [9.17, 15) is 14.7 Å². The number of ketones is 1. The van der Waals surface area contributed by atoms with Crippen LogP contribution in [-0.2, 0) is 6.54 Å². The number of hydrogen-bond acceptors (Lipinski definition) is 4. The van der Waals surface area contributed by atoms with E-state index in [4.69, 9.17) is 0 Å². The molecule has 0 spiro atoms. The third kappa shape index (κ3) is 2.69. The molecule has 0 saturated heterocycles. The standard InChI is InChI=1S/C20H22N2O3/c1-10-7-12(3)21-16-14(10)18(24)15-11(2)8-13(23)22(9-20(4,5)6)17(15)19(16)25/h7-8,24H,3,9H2,1-2,4-6H3. The van der Waals surface area contributed by atoms with Crippen molar-refractivity contribution in [2.45, 2.75) is 41.2 Å². The second-order valence-electron chi connectivity index (χ2n) is 7.87. The van der Waals surface area contributed by atoms with Gasteiger partial charge in [-0.15, -0.1) is 0 Å². The maximum absolute atomic E-state index is 13.2. The van der Waals surface area contributed by atoms with Gasteiger partial charge in [-0.1, -0.05) is 27.4 Å². The van der Waals surface area contributed by atoms with Gasteiger partial charge in [-0.05, 0) is 36.5 Å². The predicted octanol–water partition coefficient (Wildman–Crippen LogP) is 1.58. The molecule has 0 radical (unpaired) electrons. The lowest BCUT2D eigenvalue weighted by Gasteiger charge is -2.26. The number of aliphatic hydroxyl groups is 1. The Morgan fingerprint density at radius 2 is 1.80 bits per heavy atom. The molecule has 1 aliphatic rings. The van der Waals surface area contributed by atoms with Crippen molar-refractivity contribution >= 4 is 18.1 Å². The summed E-state index contributed by atoms with van der Waals surface area (Å²) in [4.78, 5) is 30.0. The molecule has 2 aromatic rings. The Morgan fingerprint density at radius 1 is 1.16 bits per heavy atom. The molecule has 0 unspecified atom stereocenters. The molecule has 2 heterocycles. The van der Waals surface area contributed by atoms with Gasteiger partial charge in [0.15, 0.2) is 0 Å². The van der Waals surface area contributed by atoms with Gasteiger partial charge in [0.25, 0.3) is 5.56 Å². The van der Waals surface area contributed by atoms with Crippen LogP contribution in [0, 0.1) is 19.3 Å². The molecule has 3 rings (SSSR count). The Morgan fingerprint density at radius 3 is 2.40 bits per heavy atom. The Bertz CT molecular complexity index is 1090. The van der Waals surface area contributed by atoms with Gasteiger partial charge >= 0.3 is 0 Å². The van der Waals surface area contributed by atoms with Crippen LogP contribution in [-0.4, -0.2) is 20.4 Å². The van der Waals surface area contributed by atoms with Crippen LogP contribution in [0.3, 0.4) is 0 Å². The molecule has 0 atom stereocenters. The molecule has 1 N–H and O–H groups in total. The summed E-state index contributed by atoms with van der Waals surface area (Å²) in [6.45, 7) is 13.7. The minimum atomic E-state index is -0.346. The van der Waals surface area contributed by atoms with Crippen molar-refractivity contribution in [1.82, 2.24) is 9.55 Å². The van der Waals surface area contributed by atoms with Crippen LogP contribution in [0.4, 0.5) is 0 Å². The van der Waals surface area contributed by atoms with E-state index in [1.54, 1.807) is 13.0 Å². The fraction of sp³-hybridized carbons (Fsp3) is 0.350. The summed E-state index contributed by atoms with van der Waals surface area (Å²) in [5.74, 6) is -0.351. The van der Waals surface area contributed by atoms with Crippen LogP contribution >= 0.6 is 0 Å². The Hall–Kier alpha value is -2.69. The minimum Gasteiger partial charge on any atom is -0.507 e. The van der Waals surface area contributed by atoms with Crippen molar-refractivity contribution in [1.29, 1.82) is 0 Å². The summed E-state index contributed by atoms with van der Waals surface area (Å²) in [6.07, 6.45) is 0. The lowest BCUT2D eigenvalue weighted by atomic mass is 9.90. The number of aromatic nitrogens is 2. The molecule has 0 aromatic carbocycles. The fourth-order valence-electron chi connectivity index (χ4n) is 3.37. The number of hydrogen-bond donors (Lipinski definition) is 1. The molecule has 5 nitrogen and oxygen atoms in total. The van der Waals surface area contributed by atoms with E-state index in [1.807, 2.05) is 27.7 Å². The number of nitrogens with zero attached hydrogens (tertiary/aromatic N) is 2. The minimum absolute atomic E-state index is 0.00485. The number of aliphatic hydroxyl groups excluding tert-OH is 1. The van der Waals surface area contributed by atoms with Gasteiger partial charge in [0.2, 0.25) is 5.78 Å². The van der Waals surface area contributed by atoms with E-state index >= 15 is 0 Å². The highest BCUT2D eigenvalue weighted by atomic mass is 16.3. The lowest BCUT2D eigenvalue weighted by Crippen LogP contribution is -2.39. The largest absolute Gasteiger partial charge is 0.507 e. The number of pyridine rings is 2. The van der Waals surface area contributed by atoms with Gasteiger partial charge in [-0.25, -0.2) is 4.98 Å². The molecule has 25 heavy (non-hydrogen) atoms. The van der Waals surface area contributed by atoms with E-state index in [0.717, 1.165) is 5.56 Å². The second-order valence-corrected chi connectivity index (χ2v) is 7.87. The zero-order valence-corrected chi connectivity index (χ0v) is 15.2. The molecule has 0 amide bonds. The molecular weight excluding hydrogens is 316 g/mol. The van der Waals surface area contributed by atoms with E-state index < -0.39 is 0 Å². The number of fused-ring (bicyclic) bond motifs is 2. The number of aryl methyl sites for hydroxylation is 2. The first-order valence-corrected chi connectivity index (χ1v) is 8.20. The van der Waals surface area contributed by atoms with Crippen LogP contribution < -0.4 is 16.1 Å². The van der Waals surface area contributed by atoms with Gasteiger partial charge in [-0.3, -0.25) is 9.59 Å². The third-order valence-electron chi connectivity index (χ3n) is 4.31. The van der Waals surface area contributed by atoms with E-state index in [0.29, 0.717) is 28.2 Å². The van der Waals surface area contributed by atoms with Gasteiger partial charge < -0.3 is 9.67 Å². The van der Waals surface area contributed by atoms with E-state index in [2.05, 4.69) is 11.6 Å². The smallest absolute Gasteiger partial charge is 0.251 e.